The number of nitrogens with two attached hydrogens (primary N) is 1. The molecular formula is C12H10FN3O. The molecular weight excluding hydrogens is 221 g/mol. The lowest BCUT2D eigenvalue weighted by molar-refractivity contribution is 0.102. The number of halogens is 1. The van der Waals surface area contributed by atoms with Crippen LogP contribution < -0.4 is 11.1 Å². The molecule has 1 aromatic heterocycles. The third-order valence-electron chi connectivity index (χ3n) is 2.19. The number of benzene rings is 1. The summed E-state index contributed by atoms with van der Waals surface area (Å²) in [6.45, 7) is 0. The second-order valence-electron chi connectivity index (χ2n) is 3.43. The largest absolute Gasteiger partial charge is 0.396 e. The monoisotopic (exact) mass is 231 g/mol. The number of pyridine rings is 1. The van der Waals surface area contributed by atoms with Gasteiger partial charge in [0.05, 0.1) is 17.6 Å². The standard InChI is InChI=1S/C12H10FN3O/c13-9-3-1-2-8(6-9)12(17)16-11-4-5-15-7-10(11)14/h1-7H,14H2,(H,15,16,17). The molecule has 1 heterocycles. The second-order valence-corrected chi connectivity index (χ2v) is 3.43. The Hall–Kier alpha value is -2.43. The molecule has 0 saturated heterocycles. The molecule has 1 amide bonds. The lowest BCUT2D eigenvalue weighted by atomic mass is 10.2. The lowest BCUT2D eigenvalue weighted by Gasteiger charge is -2.07. The van der Waals surface area contributed by atoms with Gasteiger partial charge in [-0.05, 0) is 24.3 Å². The van der Waals surface area contributed by atoms with Crippen LogP contribution in [0.4, 0.5) is 15.8 Å². The molecule has 0 atom stereocenters. The molecule has 0 aliphatic rings. The summed E-state index contributed by atoms with van der Waals surface area (Å²) in [7, 11) is 0. The van der Waals surface area contributed by atoms with Crippen molar-refractivity contribution in [3.05, 3.63) is 54.1 Å². The molecule has 86 valence electrons. The van der Waals surface area contributed by atoms with Crippen LogP contribution in [0.1, 0.15) is 10.4 Å². The minimum Gasteiger partial charge on any atom is -0.396 e. The predicted octanol–water partition coefficient (Wildman–Crippen LogP) is 2.06. The van der Waals surface area contributed by atoms with E-state index in [2.05, 4.69) is 10.3 Å². The summed E-state index contributed by atoms with van der Waals surface area (Å²) in [5.41, 5.74) is 6.67. The van der Waals surface area contributed by atoms with Crippen LogP contribution in [0.2, 0.25) is 0 Å². The van der Waals surface area contributed by atoms with Crippen molar-refractivity contribution in [3.8, 4) is 0 Å². The number of anilines is 2. The maximum atomic E-state index is 12.9. The minimum atomic E-state index is -0.458. The molecule has 0 spiro atoms. The number of hydrogen-bond donors (Lipinski definition) is 2. The molecule has 2 rings (SSSR count). The van der Waals surface area contributed by atoms with Crippen LogP contribution in [0.3, 0.4) is 0 Å². The van der Waals surface area contributed by atoms with Gasteiger partial charge < -0.3 is 11.1 Å². The van der Waals surface area contributed by atoms with E-state index in [0.717, 1.165) is 6.07 Å². The first-order chi connectivity index (χ1) is 8.16. The summed E-state index contributed by atoms with van der Waals surface area (Å²) in [6, 6.07) is 7.01. The number of amides is 1. The Labute approximate surface area is 97.3 Å². The number of nitrogen functional groups attached to an aromatic ring is 1. The molecule has 0 radical (unpaired) electrons. The van der Waals surface area contributed by atoms with Gasteiger partial charge in [-0.2, -0.15) is 0 Å². The van der Waals surface area contributed by atoms with Gasteiger partial charge in [0.1, 0.15) is 5.82 Å². The van der Waals surface area contributed by atoms with E-state index in [1.54, 1.807) is 6.07 Å². The van der Waals surface area contributed by atoms with Crippen LogP contribution in [0.5, 0.6) is 0 Å². The Kier molecular flexibility index (Phi) is 3.00. The highest BCUT2D eigenvalue weighted by Gasteiger charge is 2.08. The number of carbonyl (C=O) groups is 1. The van der Waals surface area contributed by atoms with Crippen molar-refractivity contribution in [3.63, 3.8) is 0 Å². The Bertz CT molecular complexity index is 557. The van der Waals surface area contributed by atoms with E-state index in [-0.39, 0.29) is 5.56 Å². The molecule has 3 N–H and O–H groups in total. The van der Waals surface area contributed by atoms with Crippen molar-refractivity contribution in [2.75, 3.05) is 11.1 Å². The van der Waals surface area contributed by atoms with Gasteiger partial charge in [0, 0.05) is 11.8 Å². The summed E-state index contributed by atoms with van der Waals surface area (Å²) in [5, 5.41) is 2.58. The highest BCUT2D eigenvalue weighted by Crippen LogP contribution is 2.16. The minimum absolute atomic E-state index is 0.237. The molecule has 0 aliphatic carbocycles. The zero-order chi connectivity index (χ0) is 12.3. The Morgan fingerprint density at radius 1 is 1.35 bits per heavy atom. The van der Waals surface area contributed by atoms with Crippen molar-refractivity contribution in [2.45, 2.75) is 0 Å². The highest BCUT2D eigenvalue weighted by molar-refractivity contribution is 6.05. The average molecular weight is 231 g/mol. The first-order valence-corrected chi connectivity index (χ1v) is 4.93. The molecule has 2 aromatic rings. The first kappa shape index (κ1) is 11.1. The predicted molar refractivity (Wildman–Crippen MR) is 63.0 cm³/mol. The fourth-order valence-corrected chi connectivity index (χ4v) is 1.34. The number of nitrogens with zero attached hydrogens (tertiary/aromatic N) is 1. The number of nitrogens with one attached hydrogen (secondary N) is 1. The van der Waals surface area contributed by atoms with Crippen LogP contribution >= 0.6 is 0 Å². The highest BCUT2D eigenvalue weighted by atomic mass is 19.1. The van der Waals surface area contributed by atoms with E-state index in [0.29, 0.717) is 11.4 Å². The van der Waals surface area contributed by atoms with Crippen LogP contribution in [0, 0.1) is 5.82 Å². The van der Waals surface area contributed by atoms with Gasteiger partial charge in [-0.3, -0.25) is 9.78 Å². The van der Waals surface area contributed by atoms with Gasteiger partial charge in [0.2, 0.25) is 0 Å². The molecule has 4 nitrogen and oxygen atoms in total. The molecule has 17 heavy (non-hydrogen) atoms. The zero-order valence-electron chi connectivity index (χ0n) is 8.85. The van der Waals surface area contributed by atoms with Crippen molar-refractivity contribution < 1.29 is 9.18 Å². The maximum absolute atomic E-state index is 12.9. The van der Waals surface area contributed by atoms with Gasteiger partial charge in [-0.25, -0.2) is 4.39 Å². The fraction of sp³-hybridized carbons (Fsp3) is 0. The topological polar surface area (TPSA) is 68.0 Å². The first-order valence-electron chi connectivity index (χ1n) is 4.93. The van der Waals surface area contributed by atoms with Crippen molar-refractivity contribution >= 4 is 17.3 Å². The van der Waals surface area contributed by atoms with Crippen molar-refractivity contribution in [1.29, 1.82) is 0 Å². The Balaban J connectivity index is 2.20. The van der Waals surface area contributed by atoms with E-state index in [1.165, 1.54) is 30.6 Å². The van der Waals surface area contributed by atoms with Gasteiger partial charge in [0.15, 0.2) is 0 Å². The normalized spacial score (nSPS) is 9.94. The number of hydrogen-bond acceptors (Lipinski definition) is 3. The average Bonchev–Trinajstić information content (AvgIpc) is 2.32. The molecule has 0 bridgehead atoms. The van der Waals surface area contributed by atoms with Crippen LogP contribution in [0.15, 0.2) is 42.7 Å². The maximum Gasteiger partial charge on any atom is 0.255 e. The van der Waals surface area contributed by atoms with Crippen LogP contribution in [0.25, 0.3) is 0 Å². The molecule has 5 heteroatoms. The molecule has 1 aromatic carbocycles. The fourth-order valence-electron chi connectivity index (χ4n) is 1.34. The quantitative estimate of drug-likeness (QED) is 0.831. The van der Waals surface area contributed by atoms with Gasteiger partial charge in [0.25, 0.3) is 5.91 Å². The summed E-state index contributed by atoms with van der Waals surface area (Å²) in [4.78, 5) is 15.6. The van der Waals surface area contributed by atoms with E-state index >= 15 is 0 Å². The smallest absolute Gasteiger partial charge is 0.255 e. The number of carbonyl (C=O) groups excluding carboxylic acids is 1. The van der Waals surface area contributed by atoms with Gasteiger partial charge >= 0.3 is 0 Å². The van der Waals surface area contributed by atoms with Crippen molar-refractivity contribution in [2.24, 2.45) is 0 Å². The summed E-state index contributed by atoms with van der Waals surface area (Å²) in [6.07, 6.45) is 2.94. The third-order valence-corrected chi connectivity index (χ3v) is 2.19. The molecule has 0 fully saturated rings. The van der Waals surface area contributed by atoms with Gasteiger partial charge in [-0.1, -0.05) is 6.07 Å². The number of aromatic nitrogens is 1. The summed E-state index contributed by atoms with van der Waals surface area (Å²) in [5.74, 6) is -0.872. The van der Waals surface area contributed by atoms with E-state index < -0.39 is 11.7 Å². The molecule has 0 saturated carbocycles. The molecule has 0 unspecified atom stereocenters. The van der Waals surface area contributed by atoms with E-state index in [9.17, 15) is 9.18 Å². The lowest BCUT2D eigenvalue weighted by Crippen LogP contribution is -2.13. The van der Waals surface area contributed by atoms with Gasteiger partial charge in [-0.15, -0.1) is 0 Å². The Morgan fingerprint density at radius 3 is 2.88 bits per heavy atom. The van der Waals surface area contributed by atoms with Crippen LogP contribution in [-0.4, -0.2) is 10.9 Å². The SMILES string of the molecule is Nc1cnccc1NC(=O)c1cccc(F)c1. The summed E-state index contributed by atoms with van der Waals surface area (Å²) < 4.78 is 12.9. The number of rotatable bonds is 2. The Morgan fingerprint density at radius 2 is 2.18 bits per heavy atom. The van der Waals surface area contributed by atoms with Crippen molar-refractivity contribution in [1.82, 2.24) is 4.98 Å². The van der Waals surface area contributed by atoms with E-state index in [4.69, 9.17) is 5.73 Å². The summed E-state index contributed by atoms with van der Waals surface area (Å²) >= 11 is 0. The zero-order valence-corrected chi connectivity index (χ0v) is 8.85. The second kappa shape index (κ2) is 4.61. The third kappa shape index (κ3) is 2.57. The molecule has 0 aliphatic heterocycles. The van der Waals surface area contributed by atoms with Crippen LogP contribution in [-0.2, 0) is 0 Å². The van der Waals surface area contributed by atoms with E-state index in [1.807, 2.05) is 0 Å².